The Labute approximate surface area is 55.8 Å². The molecule has 0 aliphatic heterocycles. The molecule has 0 atom stereocenters. The summed E-state index contributed by atoms with van der Waals surface area (Å²) in [6.45, 7) is 1.52. The smallest absolute Gasteiger partial charge is 0.152 e. The number of allylic oxidation sites excluding steroid dienone is 2. The standard InChI is InChI=1S/C8H10O/c1-3-4-5-6-7-8(2)9/h1,6-7H,4-5H2,2H3. The van der Waals surface area contributed by atoms with Crippen molar-refractivity contribution in [3.8, 4) is 12.3 Å². The lowest BCUT2D eigenvalue weighted by Crippen LogP contribution is -1.78. The number of terminal acetylenes is 1. The molecule has 0 N–H and O–H groups in total. The Balaban J connectivity index is 3.28. The summed E-state index contributed by atoms with van der Waals surface area (Å²) in [5.41, 5.74) is 0. The number of hydrogen-bond donors (Lipinski definition) is 0. The van der Waals surface area contributed by atoms with Crippen LogP contribution in [0.4, 0.5) is 0 Å². The second-order valence-electron chi connectivity index (χ2n) is 1.76. The highest BCUT2D eigenvalue weighted by Gasteiger charge is 1.79. The van der Waals surface area contributed by atoms with Crippen LogP contribution < -0.4 is 0 Å². The van der Waals surface area contributed by atoms with Crippen molar-refractivity contribution in [1.29, 1.82) is 0 Å². The highest BCUT2D eigenvalue weighted by Crippen LogP contribution is 1.87. The highest BCUT2D eigenvalue weighted by atomic mass is 16.1. The van der Waals surface area contributed by atoms with Crippen LogP contribution in [0.5, 0.6) is 0 Å². The van der Waals surface area contributed by atoms with Crippen molar-refractivity contribution in [3.63, 3.8) is 0 Å². The van der Waals surface area contributed by atoms with Gasteiger partial charge in [0.05, 0.1) is 0 Å². The van der Waals surface area contributed by atoms with E-state index in [1.165, 1.54) is 13.0 Å². The number of rotatable bonds is 3. The van der Waals surface area contributed by atoms with Crippen molar-refractivity contribution in [3.05, 3.63) is 12.2 Å². The minimum atomic E-state index is 0.0759. The van der Waals surface area contributed by atoms with E-state index in [-0.39, 0.29) is 5.78 Å². The van der Waals surface area contributed by atoms with Gasteiger partial charge in [-0.3, -0.25) is 4.79 Å². The number of ketones is 1. The molecule has 0 heterocycles. The maximum atomic E-state index is 10.3. The summed E-state index contributed by atoms with van der Waals surface area (Å²) in [6, 6.07) is 0. The maximum Gasteiger partial charge on any atom is 0.152 e. The molecule has 0 fully saturated rings. The zero-order chi connectivity index (χ0) is 7.11. The first kappa shape index (κ1) is 7.97. The Morgan fingerprint density at radius 3 is 2.89 bits per heavy atom. The summed E-state index contributed by atoms with van der Waals surface area (Å²) in [6.07, 6.45) is 9.82. The van der Waals surface area contributed by atoms with Crippen LogP contribution in [-0.4, -0.2) is 5.78 Å². The SMILES string of the molecule is C#CCCC=CC(C)=O. The van der Waals surface area contributed by atoms with Crippen molar-refractivity contribution in [2.45, 2.75) is 19.8 Å². The second-order valence-corrected chi connectivity index (χ2v) is 1.76. The van der Waals surface area contributed by atoms with Gasteiger partial charge in [0, 0.05) is 6.42 Å². The maximum absolute atomic E-state index is 10.3. The minimum absolute atomic E-state index is 0.0759. The van der Waals surface area contributed by atoms with Gasteiger partial charge >= 0.3 is 0 Å². The van der Waals surface area contributed by atoms with E-state index >= 15 is 0 Å². The Morgan fingerprint density at radius 1 is 1.78 bits per heavy atom. The van der Waals surface area contributed by atoms with Gasteiger partial charge in [0.2, 0.25) is 0 Å². The van der Waals surface area contributed by atoms with Gasteiger partial charge in [-0.25, -0.2) is 0 Å². The van der Waals surface area contributed by atoms with Crippen LogP contribution in [0.1, 0.15) is 19.8 Å². The molecule has 0 amide bonds. The van der Waals surface area contributed by atoms with E-state index < -0.39 is 0 Å². The van der Waals surface area contributed by atoms with Gasteiger partial charge in [-0.15, -0.1) is 12.3 Å². The molecule has 0 aromatic carbocycles. The third kappa shape index (κ3) is 6.97. The lowest BCUT2D eigenvalue weighted by Gasteiger charge is -1.80. The third-order valence-electron chi connectivity index (χ3n) is 0.808. The van der Waals surface area contributed by atoms with E-state index in [0.717, 1.165) is 6.42 Å². The molecular formula is C8H10O. The molecular weight excluding hydrogens is 112 g/mol. The second kappa shape index (κ2) is 5.11. The molecule has 0 aromatic heterocycles. The molecule has 0 rings (SSSR count). The van der Waals surface area contributed by atoms with Crippen LogP contribution in [0.25, 0.3) is 0 Å². The molecule has 48 valence electrons. The Kier molecular flexibility index (Phi) is 4.53. The Bertz CT molecular complexity index is 148. The largest absolute Gasteiger partial charge is 0.295 e. The zero-order valence-corrected chi connectivity index (χ0v) is 5.55. The monoisotopic (exact) mass is 122 g/mol. The van der Waals surface area contributed by atoms with Crippen LogP contribution in [-0.2, 0) is 4.79 Å². The van der Waals surface area contributed by atoms with Crippen molar-refractivity contribution < 1.29 is 4.79 Å². The number of hydrogen-bond acceptors (Lipinski definition) is 1. The zero-order valence-electron chi connectivity index (χ0n) is 5.55. The van der Waals surface area contributed by atoms with Crippen LogP contribution in [0, 0.1) is 12.3 Å². The first-order valence-electron chi connectivity index (χ1n) is 2.88. The quantitative estimate of drug-likeness (QED) is 0.315. The molecule has 9 heavy (non-hydrogen) atoms. The fourth-order valence-corrected chi connectivity index (χ4v) is 0.416. The molecule has 0 aliphatic carbocycles. The van der Waals surface area contributed by atoms with Crippen LogP contribution in [0.2, 0.25) is 0 Å². The van der Waals surface area contributed by atoms with E-state index in [4.69, 9.17) is 6.42 Å². The van der Waals surface area contributed by atoms with Gasteiger partial charge in [0.15, 0.2) is 5.78 Å². The molecule has 0 bridgehead atoms. The number of unbranched alkanes of at least 4 members (excludes halogenated alkanes) is 1. The molecule has 0 aromatic rings. The fourth-order valence-electron chi connectivity index (χ4n) is 0.416. The van der Waals surface area contributed by atoms with Gasteiger partial charge in [0.25, 0.3) is 0 Å². The first-order chi connectivity index (χ1) is 4.27. The lowest BCUT2D eigenvalue weighted by molar-refractivity contribution is -0.112. The molecule has 0 radical (unpaired) electrons. The van der Waals surface area contributed by atoms with Gasteiger partial charge in [-0.2, -0.15) is 0 Å². The summed E-state index contributed by atoms with van der Waals surface area (Å²) >= 11 is 0. The molecule has 1 heteroatoms. The predicted molar refractivity (Wildman–Crippen MR) is 37.9 cm³/mol. The lowest BCUT2D eigenvalue weighted by atomic mass is 10.3. The van der Waals surface area contributed by atoms with E-state index in [1.807, 2.05) is 0 Å². The average Bonchev–Trinajstić information content (AvgIpc) is 1.80. The third-order valence-corrected chi connectivity index (χ3v) is 0.808. The Hall–Kier alpha value is -1.03. The fraction of sp³-hybridized carbons (Fsp3) is 0.375. The van der Waals surface area contributed by atoms with Gasteiger partial charge in [0.1, 0.15) is 0 Å². The van der Waals surface area contributed by atoms with Gasteiger partial charge < -0.3 is 0 Å². The van der Waals surface area contributed by atoms with Crippen LogP contribution >= 0.6 is 0 Å². The van der Waals surface area contributed by atoms with E-state index in [1.54, 1.807) is 6.08 Å². The van der Waals surface area contributed by atoms with Gasteiger partial charge in [-0.05, 0) is 19.4 Å². The average molecular weight is 122 g/mol. The molecule has 1 nitrogen and oxygen atoms in total. The topological polar surface area (TPSA) is 17.1 Å². The predicted octanol–water partition coefficient (Wildman–Crippen LogP) is 1.54. The molecule has 0 saturated carbocycles. The van der Waals surface area contributed by atoms with Crippen molar-refractivity contribution in [1.82, 2.24) is 0 Å². The summed E-state index contributed by atoms with van der Waals surface area (Å²) in [7, 11) is 0. The molecule has 0 aliphatic rings. The molecule has 0 unspecified atom stereocenters. The van der Waals surface area contributed by atoms with Crippen molar-refractivity contribution in [2.24, 2.45) is 0 Å². The molecule has 0 saturated heterocycles. The number of carbonyl (C=O) groups is 1. The highest BCUT2D eigenvalue weighted by molar-refractivity contribution is 5.87. The normalized spacial score (nSPS) is 9.33. The first-order valence-corrected chi connectivity index (χ1v) is 2.88. The van der Waals surface area contributed by atoms with Crippen molar-refractivity contribution in [2.75, 3.05) is 0 Å². The van der Waals surface area contributed by atoms with E-state index in [0.29, 0.717) is 6.42 Å². The van der Waals surface area contributed by atoms with Crippen LogP contribution in [0.3, 0.4) is 0 Å². The van der Waals surface area contributed by atoms with E-state index in [2.05, 4.69) is 5.92 Å². The summed E-state index contributed by atoms with van der Waals surface area (Å²) in [5, 5.41) is 0. The summed E-state index contributed by atoms with van der Waals surface area (Å²) < 4.78 is 0. The molecule has 0 spiro atoms. The van der Waals surface area contributed by atoms with Crippen molar-refractivity contribution >= 4 is 5.78 Å². The number of carbonyl (C=O) groups excluding carboxylic acids is 1. The van der Waals surface area contributed by atoms with Crippen LogP contribution in [0.15, 0.2) is 12.2 Å². The summed E-state index contributed by atoms with van der Waals surface area (Å²) in [4.78, 5) is 10.3. The van der Waals surface area contributed by atoms with E-state index in [9.17, 15) is 4.79 Å². The summed E-state index contributed by atoms with van der Waals surface area (Å²) in [5.74, 6) is 2.55. The van der Waals surface area contributed by atoms with Gasteiger partial charge in [-0.1, -0.05) is 6.08 Å². The minimum Gasteiger partial charge on any atom is -0.295 e. The Morgan fingerprint density at radius 2 is 2.44 bits per heavy atom.